The molecular weight excluding hydrogens is 556 g/mol. The Labute approximate surface area is 241 Å². The van der Waals surface area contributed by atoms with Gasteiger partial charge in [-0.25, -0.2) is 13.2 Å². The van der Waals surface area contributed by atoms with Gasteiger partial charge in [0.15, 0.2) is 15.6 Å². The van der Waals surface area contributed by atoms with Crippen molar-refractivity contribution in [3.05, 3.63) is 64.2 Å². The molecule has 1 heterocycles. The summed E-state index contributed by atoms with van der Waals surface area (Å²) < 4.78 is 35.8. The van der Waals surface area contributed by atoms with Gasteiger partial charge in [-0.05, 0) is 44.9 Å². The Bertz CT molecular complexity index is 1320. The van der Waals surface area contributed by atoms with E-state index in [0.29, 0.717) is 31.0 Å². The summed E-state index contributed by atoms with van der Waals surface area (Å²) in [5, 5.41) is 6.13. The molecule has 40 heavy (non-hydrogen) atoms. The van der Waals surface area contributed by atoms with E-state index >= 15 is 0 Å². The zero-order valence-electron chi connectivity index (χ0n) is 23.3. The molecule has 218 valence electrons. The molecule has 0 bridgehead atoms. The van der Waals surface area contributed by atoms with Crippen molar-refractivity contribution in [2.24, 2.45) is 4.99 Å². The maximum atomic E-state index is 12.5. The molecule has 0 aliphatic carbocycles. The van der Waals surface area contributed by atoms with Crippen LogP contribution in [0.25, 0.3) is 0 Å². The van der Waals surface area contributed by atoms with E-state index in [1.807, 2.05) is 45.0 Å². The van der Waals surface area contributed by atoms with Crippen LogP contribution in [0.4, 0.5) is 4.79 Å². The standard InChI is InChI=1S/C28H37ClN4O6S/c1-20-6-5-7-24(25(20)29)40(36,37)19-30-13-15-38-18-23(34)17-31-16-21-8-10-22(11-9-21)26-32-12-14-33(26)27(35)39-28(2,3)4/h5-11,30-31H,12-19H2,1-4H3. The molecule has 1 aliphatic heterocycles. The third-order valence-electron chi connectivity index (χ3n) is 5.79. The number of aryl methyl sites for hydroxylation is 1. The van der Waals surface area contributed by atoms with Gasteiger partial charge in [0.2, 0.25) is 0 Å². The maximum Gasteiger partial charge on any atom is 0.416 e. The van der Waals surface area contributed by atoms with Gasteiger partial charge in [0.25, 0.3) is 0 Å². The van der Waals surface area contributed by atoms with Crippen LogP contribution < -0.4 is 10.6 Å². The number of sulfone groups is 1. The van der Waals surface area contributed by atoms with Crippen molar-refractivity contribution < 1.29 is 27.5 Å². The normalized spacial score (nSPS) is 13.8. The lowest BCUT2D eigenvalue weighted by Gasteiger charge is -2.25. The lowest BCUT2D eigenvalue weighted by Crippen LogP contribution is -2.39. The fourth-order valence-corrected chi connectivity index (χ4v) is 5.60. The number of benzene rings is 2. The van der Waals surface area contributed by atoms with Crippen molar-refractivity contribution in [3.8, 4) is 0 Å². The largest absolute Gasteiger partial charge is 0.443 e. The van der Waals surface area contributed by atoms with Gasteiger partial charge >= 0.3 is 6.09 Å². The average Bonchev–Trinajstić information content (AvgIpc) is 3.37. The number of rotatable bonds is 13. The number of carbonyl (C=O) groups is 2. The van der Waals surface area contributed by atoms with Crippen LogP contribution in [0.15, 0.2) is 52.4 Å². The SMILES string of the molecule is Cc1cccc(S(=O)(=O)CNCCOCC(=O)CNCc2ccc(C3=NCCN3C(=O)OC(C)(C)C)cc2)c1Cl. The van der Waals surface area contributed by atoms with Gasteiger partial charge in [-0.1, -0.05) is 48.0 Å². The van der Waals surface area contributed by atoms with Crippen molar-refractivity contribution in [1.29, 1.82) is 0 Å². The molecule has 1 aliphatic rings. The van der Waals surface area contributed by atoms with E-state index in [1.165, 1.54) is 6.07 Å². The minimum atomic E-state index is -3.58. The lowest BCUT2D eigenvalue weighted by molar-refractivity contribution is -0.122. The van der Waals surface area contributed by atoms with Crippen LogP contribution in [0.2, 0.25) is 5.02 Å². The summed E-state index contributed by atoms with van der Waals surface area (Å²) >= 11 is 6.13. The molecular formula is C28H37ClN4O6S. The van der Waals surface area contributed by atoms with Gasteiger partial charge in [0.1, 0.15) is 23.9 Å². The summed E-state index contributed by atoms with van der Waals surface area (Å²) in [6.45, 7) is 9.24. The molecule has 0 spiro atoms. The smallest absolute Gasteiger partial charge is 0.416 e. The van der Waals surface area contributed by atoms with Gasteiger partial charge in [-0.3, -0.25) is 14.7 Å². The van der Waals surface area contributed by atoms with Crippen molar-refractivity contribution in [2.75, 3.05) is 45.3 Å². The summed E-state index contributed by atoms with van der Waals surface area (Å²) in [6, 6.07) is 12.5. The highest BCUT2D eigenvalue weighted by Gasteiger charge is 2.29. The number of ether oxygens (including phenoxy) is 2. The highest BCUT2D eigenvalue weighted by atomic mass is 35.5. The molecule has 2 aromatic rings. The van der Waals surface area contributed by atoms with Gasteiger partial charge in [-0.15, -0.1) is 0 Å². The van der Waals surface area contributed by atoms with Crippen LogP contribution in [0.5, 0.6) is 0 Å². The summed E-state index contributed by atoms with van der Waals surface area (Å²) in [6.07, 6.45) is -0.414. The number of carbonyl (C=O) groups excluding carboxylic acids is 2. The molecule has 3 rings (SSSR count). The number of hydrogen-bond acceptors (Lipinski definition) is 9. The molecule has 0 radical (unpaired) electrons. The van der Waals surface area contributed by atoms with Crippen LogP contribution in [-0.2, 0) is 30.7 Å². The average molecular weight is 593 g/mol. The van der Waals surface area contributed by atoms with E-state index in [4.69, 9.17) is 21.1 Å². The molecule has 0 unspecified atom stereocenters. The van der Waals surface area contributed by atoms with Crippen LogP contribution in [0.1, 0.15) is 37.5 Å². The van der Waals surface area contributed by atoms with Crippen LogP contribution in [0, 0.1) is 6.92 Å². The molecule has 2 N–H and O–H groups in total. The summed E-state index contributed by atoms with van der Waals surface area (Å²) in [5.74, 6) is 0.191. The number of nitrogens with one attached hydrogen (secondary N) is 2. The van der Waals surface area contributed by atoms with Gasteiger partial charge < -0.3 is 20.1 Å². The number of amidine groups is 1. The number of ketones is 1. The van der Waals surface area contributed by atoms with Crippen LogP contribution >= 0.6 is 11.6 Å². The van der Waals surface area contributed by atoms with Crippen molar-refractivity contribution in [2.45, 2.75) is 44.7 Å². The van der Waals surface area contributed by atoms with E-state index in [0.717, 1.165) is 11.1 Å². The molecule has 10 nitrogen and oxygen atoms in total. The van der Waals surface area contributed by atoms with Gasteiger partial charge in [-0.2, -0.15) is 0 Å². The second-order valence-corrected chi connectivity index (χ2v) is 12.7. The third-order valence-corrected chi connectivity index (χ3v) is 8.00. The molecule has 12 heteroatoms. The van der Waals surface area contributed by atoms with E-state index in [9.17, 15) is 18.0 Å². The maximum absolute atomic E-state index is 12.5. The predicted octanol–water partition coefficient (Wildman–Crippen LogP) is 3.34. The quantitative estimate of drug-likeness (QED) is 0.339. The van der Waals surface area contributed by atoms with Crippen molar-refractivity contribution in [3.63, 3.8) is 0 Å². The Kier molecular flexibility index (Phi) is 11.2. The van der Waals surface area contributed by atoms with Gasteiger partial charge in [0.05, 0.1) is 36.2 Å². The zero-order valence-corrected chi connectivity index (χ0v) is 24.9. The number of Topliss-reactive ketones (excluding diaryl/α,β-unsaturated/α-hetero) is 1. The molecule has 0 aromatic heterocycles. The monoisotopic (exact) mass is 592 g/mol. The Hall–Kier alpha value is -2.83. The molecule has 1 amide bonds. The lowest BCUT2D eigenvalue weighted by atomic mass is 10.1. The number of nitrogens with zero attached hydrogens (tertiary/aromatic N) is 2. The number of aliphatic imine (C=N–C) groups is 1. The minimum Gasteiger partial charge on any atom is -0.443 e. The Morgan fingerprint density at radius 1 is 1.10 bits per heavy atom. The molecule has 0 saturated heterocycles. The minimum absolute atomic E-state index is 0.0790. The first-order valence-electron chi connectivity index (χ1n) is 13.0. The predicted molar refractivity (Wildman–Crippen MR) is 155 cm³/mol. The van der Waals surface area contributed by atoms with E-state index in [2.05, 4.69) is 15.6 Å². The fraction of sp³-hybridized carbons (Fsp3) is 0.464. The molecule has 0 atom stereocenters. The second-order valence-electron chi connectivity index (χ2n) is 10.4. The Balaban J connectivity index is 1.33. The summed E-state index contributed by atoms with van der Waals surface area (Å²) in [7, 11) is -3.58. The summed E-state index contributed by atoms with van der Waals surface area (Å²) in [4.78, 5) is 30.7. The molecule has 0 fully saturated rings. The van der Waals surface area contributed by atoms with Crippen LogP contribution in [0.3, 0.4) is 0 Å². The first-order chi connectivity index (χ1) is 18.9. The van der Waals surface area contributed by atoms with Crippen LogP contribution in [-0.4, -0.2) is 81.9 Å². The third kappa shape index (κ3) is 9.38. The zero-order chi connectivity index (χ0) is 29.3. The Morgan fingerprint density at radius 3 is 2.52 bits per heavy atom. The Morgan fingerprint density at radius 2 is 1.82 bits per heavy atom. The highest BCUT2D eigenvalue weighted by molar-refractivity contribution is 7.91. The first-order valence-corrected chi connectivity index (χ1v) is 15.0. The van der Waals surface area contributed by atoms with Crippen molar-refractivity contribution in [1.82, 2.24) is 15.5 Å². The van der Waals surface area contributed by atoms with E-state index in [-0.39, 0.29) is 47.9 Å². The van der Waals surface area contributed by atoms with Crippen molar-refractivity contribution >= 4 is 39.2 Å². The van der Waals surface area contributed by atoms with E-state index < -0.39 is 21.5 Å². The summed E-state index contributed by atoms with van der Waals surface area (Å²) in [5.41, 5.74) is 1.90. The first kappa shape index (κ1) is 31.7. The molecule has 0 saturated carbocycles. The number of hydrogen-bond donors (Lipinski definition) is 2. The topological polar surface area (TPSA) is 126 Å². The number of amides is 1. The highest BCUT2D eigenvalue weighted by Crippen LogP contribution is 2.25. The van der Waals surface area contributed by atoms with Gasteiger partial charge in [0, 0.05) is 18.7 Å². The molecule has 2 aromatic carbocycles. The van der Waals surface area contributed by atoms with E-state index in [1.54, 1.807) is 24.0 Å². The fourth-order valence-electron chi connectivity index (χ4n) is 3.83. The second kappa shape index (κ2) is 14.2. The number of halogens is 1.